The molecule has 0 unspecified atom stereocenters. The van der Waals surface area contributed by atoms with Gasteiger partial charge in [0.1, 0.15) is 0 Å². The van der Waals surface area contributed by atoms with E-state index >= 15 is 0 Å². The van der Waals surface area contributed by atoms with Gasteiger partial charge in [-0.25, -0.2) is 0 Å². The summed E-state index contributed by atoms with van der Waals surface area (Å²) >= 11 is 0. The van der Waals surface area contributed by atoms with Gasteiger partial charge in [0.2, 0.25) is 0 Å². The van der Waals surface area contributed by atoms with Gasteiger partial charge >= 0.3 is 0 Å². The van der Waals surface area contributed by atoms with Crippen molar-refractivity contribution in [3.8, 4) is 0 Å². The van der Waals surface area contributed by atoms with Crippen molar-refractivity contribution in [3.63, 3.8) is 0 Å². The van der Waals surface area contributed by atoms with E-state index in [1.807, 2.05) is 13.8 Å². The van der Waals surface area contributed by atoms with E-state index in [1.54, 1.807) is 0 Å². The quantitative estimate of drug-likeness (QED) is 0.624. The molecule has 16 heavy (non-hydrogen) atoms. The molecule has 0 atom stereocenters. The molecule has 1 heterocycles. The van der Waals surface area contributed by atoms with Gasteiger partial charge in [-0.15, -0.1) is 0 Å². The molecule has 0 saturated carbocycles. The Morgan fingerprint density at radius 1 is 0.688 bits per heavy atom. The molecule has 1 saturated heterocycles. The topological polar surface area (TPSA) is 6.48 Å². The first kappa shape index (κ1) is 18.3. The largest absolute Gasteiger partial charge is 0.284 e. The lowest BCUT2D eigenvalue weighted by Crippen LogP contribution is -2.44. The number of hydrogen-bond acceptors (Lipinski definition) is 2. The second-order valence-electron chi connectivity index (χ2n) is 6.01. The van der Waals surface area contributed by atoms with Gasteiger partial charge in [-0.05, 0) is 41.5 Å². The average Bonchev–Trinajstić information content (AvgIpc) is 2.53. The predicted molar refractivity (Wildman–Crippen MR) is 75.9 cm³/mol. The highest BCUT2D eigenvalue weighted by molar-refractivity contribution is 4.87. The van der Waals surface area contributed by atoms with Crippen LogP contribution in [0.25, 0.3) is 0 Å². The van der Waals surface area contributed by atoms with Crippen LogP contribution in [0.4, 0.5) is 0 Å². The Balaban J connectivity index is 0. The molecular weight excluding hydrogens is 196 g/mol. The van der Waals surface area contributed by atoms with Crippen LogP contribution in [-0.4, -0.2) is 40.6 Å². The second kappa shape index (κ2) is 6.61. The summed E-state index contributed by atoms with van der Waals surface area (Å²) in [6.45, 7) is 21.3. The molecule has 0 aromatic rings. The van der Waals surface area contributed by atoms with E-state index in [1.165, 1.54) is 13.1 Å². The summed E-state index contributed by atoms with van der Waals surface area (Å²) in [5.74, 6) is 0. The fourth-order valence-corrected chi connectivity index (χ4v) is 1.68. The van der Waals surface area contributed by atoms with Crippen LogP contribution in [0.5, 0.6) is 0 Å². The lowest BCUT2D eigenvalue weighted by Gasteiger charge is -2.35. The van der Waals surface area contributed by atoms with Crippen molar-refractivity contribution >= 4 is 0 Å². The Bertz CT molecular complexity index is 154. The number of hydrogen-bond donors (Lipinski definition) is 0. The van der Waals surface area contributed by atoms with Crippen molar-refractivity contribution < 1.29 is 0 Å². The molecule has 0 aliphatic carbocycles. The van der Waals surface area contributed by atoms with Crippen LogP contribution in [0.1, 0.15) is 62.8 Å². The van der Waals surface area contributed by atoms with E-state index in [0.29, 0.717) is 11.1 Å². The first-order valence-corrected chi connectivity index (χ1v) is 6.21. The van der Waals surface area contributed by atoms with Crippen LogP contribution in [0, 0.1) is 0 Å². The van der Waals surface area contributed by atoms with Gasteiger partial charge in [-0.1, -0.05) is 21.3 Å². The molecule has 100 valence electrons. The summed E-state index contributed by atoms with van der Waals surface area (Å²) in [5, 5.41) is 0. The Labute approximate surface area is 104 Å². The highest BCUT2D eigenvalue weighted by atomic mass is 15.4. The van der Waals surface area contributed by atoms with Gasteiger partial charge in [0, 0.05) is 24.2 Å². The molecule has 0 aromatic carbocycles. The minimum atomic E-state index is 0. The summed E-state index contributed by atoms with van der Waals surface area (Å²) in [5.41, 5.74) is 0.639. The first-order valence-electron chi connectivity index (χ1n) is 6.21. The summed E-state index contributed by atoms with van der Waals surface area (Å²) in [6.07, 6.45) is 0. The van der Waals surface area contributed by atoms with Crippen molar-refractivity contribution in [3.05, 3.63) is 0 Å². The predicted octanol–water partition coefficient (Wildman–Crippen LogP) is 3.82. The lowest BCUT2D eigenvalue weighted by molar-refractivity contribution is 0.0959. The second-order valence-corrected chi connectivity index (χ2v) is 6.01. The molecule has 0 spiro atoms. The van der Waals surface area contributed by atoms with Crippen molar-refractivity contribution in [2.24, 2.45) is 0 Å². The zero-order valence-corrected chi connectivity index (χ0v) is 12.0. The molecule has 0 amide bonds. The first-order chi connectivity index (χ1) is 6.71. The third-order valence-corrected chi connectivity index (χ3v) is 2.88. The highest BCUT2D eigenvalue weighted by Crippen LogP contribution is 2.23. The monoisotopic (exact) mass is 230 g/mol. The van der Waals surface area contributed by atoms with Gasteiger partial charge in [0.15, 0.2) is 0 Å². The number of nitrogens with zero attached hydrogens (tertiary/aromatic N) is 2. The van der Waals surface area contributed by atoms with Crippen molar-refractivity contribution in [1.29, 1.82) is 0 Å². The molecule has 1 rings (SSSR count). The Hall–Kier alpha value is -0.0800. The van der Waals surface area contributed by atoms with Crippen LogP contribution in [0.3, 0.4) is 0 Å². The normalized spacial score (nSPS) is 18.8. The molecule has 2 heteroatoms. The molecule has 2 nitrogen and oxygen atoms in total. The van der Waals surface area contributed by atoms with Gasteiger partial charge in [0.25, 0.3) is 0 Å². The van der Waals surface area contributed by atoms with E-state index in [9.17, 15) is 0 Å². The van der Waals surface area contributed by atoms with Crippen molar-refractivity contribution in [1.82, 2.24) is 9.80 Å². The van der Waals surface area contributed by atoms with E-state index in [-0.39, 0.29) is 7.43 Å². The Kier molecular flexibility index (Phi) is 7.55. The van der Waals surface area contributed by atoms with E-state index in [2.05, 4.69) is 51.3 Å². The Morgan fingerprint density at radius 2 is 0.938 bits per heavy atom. The highest BCUT2D eigenvalue weighted by Gasteiger charge is 2.33. The molecule has 1 aliphatic heterocycles. The lowest BCUT2D eigenvalue weighted by atomic mass is 10.1. The molecule has 1 aliphatic rings. The van der Waals surface area contributed by atoms with Crippen LogP contribution in [-0.2, 0) is 0 Å². The maximum Gasteiger partial charge on any atom is 0.0516 e. The Morgan fingerprint density at radius 3 is 1.06 bits per heavy atom. The zero-order valence-electron chi connectivity index (χ0n) is 12.0. The van der Waals surface area contributed by atoms with Gasteiger partial charge in [-0.3, -0.25) is 9.80 Å². The molecule has 0 bridgehead atoms. The third kappa shape index (κ3) is 5.31. The van der Waals surface area contributed by atoms with Crippen molar-refractivity contribution in [2.45, 2.75) is 73.9 Å². The minimum absolute atomic E-state index is 0. The van der Waals surface area contributed by atoms with Crippen LogP contribution in [0.2, 0.25) is 0 Å². The molecule has 0 radical (unpaired) electrons. The average molecular weight is 230 g/mol. The zero-order chi connectivity index (χ0) is 12.3. The smallest absolute Gasteiger partial charge is 0.0516 e. The summed E-state index contributed by atoms with van der Waals surface area (Å²) in [7, 11) is 0. The van der Waals surface area contributed by atoms with E-state index in [0.717, 1.165) is 6.67 Å². The standard InChI is InChI=1S/C11H24N2.C2H6.CH4/c1-10(2,3)12-7-8-13(9-12)11(4,5)6;1-2;/h7-9H2,1-6H3;1-2H3;1H4. The minimum Gasteiger partial charge on any atom is -0.284 e. The van der Waals surface area contributed by atoms with E-state index < -0.39 is 0 Å². The summed E-state index contributed by atoms with van der Waals surface area (Å²) < 4.78 is 0. The van der Waals surface area contributed by atoms with Crippen LogP contribution < -0.4 is 0 Å². The maximum atomic E-state index is 2.54. The third-order valence-electron chi connectivity index (χ3n) is 2.88. The molecule has 0 N–H and O–H groups in total. The molecule has 0 aromatic heterocycles. The fraction of sp³-hybridized carbons (Fsp3) is 1.00. The van der Waals surface area contributed by atoms with E-state index in [4.69, 9.17) is 0 Å². The SMILES string of the molecule is C.CC.CC(C)(C)N1CCN(C(C)(C)C)C1. The summed E-state index contributed by atoms with van der Waals surface area (Å²) in [4.78, 5) is 5.08. The van der Waals surface area contributed by atoms with Crippen LogP contribution in [0.15, 0.2) is 0 Å². The molecular formula is C14H34N2. The fourth-order valence-electron chi connectivity index (χ4n) is 1.68. The molecule has 1 fully saturated rings. The van der Waals surface area contributed by atoms with Gasteiger partial charge in [-0.2, -0.15) is 0 Å². The van der Waals surface area contributed by atoms with Gasteiger partial charge < -0.3 is 0 Å². The van der Waals surface area contributed by atoms with Crippen molar-refractivity contribution in [2.75, 3.05) is 19.8 Å². The van der Waals surface area contributed by atoms with Gasteiger partial charge in [0.05, 0.1) is 6.67 Å². The number of rotatable bonds is 0. The maximum absolute atomic E-state index is 2.54. The summed E-state index contributed by atoms with van der Waals surface area (Å²) in [6, 6.07) is 0. The van der Waals surface area contributed by atoms with Crippen LogP contribution >= 0.6 is 0 Å².